The van der Waals surface area contributed by atoms with Crippen LogP contribution in [-0.4, -0.2) is 58.6 Å². The summed E-state index contributed by atoms with van der Waals surface area (Å²) in [5.74, 6) is -3.27. The van der Waals surface area contributed by atoms with Gasteiger partial charge in [-0.25, -0.2) is 8.78 Å². The van der Waals surface area contributed by atoms with E-state index in [1.54, 1.807) is 0 Å². The smallest absolute Gasteiger partial charge is 0.224 e. The van der Waals surface area contributed by atoms with Crippen LogP contribution < -0.4 is 0 Å². The highest BCUT2D eigenvalue weighted by Gasteiger charge is 2.55. The highest BCUT2D eigenvalue weighted by Crippen LogP contribution is 2.40. The maximum atomic E-state index is 13.9. The van der Waals surface area contributed by atoms with Crippen LogP contribution in [0.3, 0.4) is 0 Å². The average molecular weight is 445 g/mol. The van der Waals surface area contributed by atoms with E-state index in [1.165, 1.54) is 44.4 Å². The molecule has 0 amide bonds. The molecule has 2 aromatic rings. The number of halogens is 3. The molecule has 0 bridgehead atoms. The summed E-state index contributed by atoms with van der Waals surface area (Å²) in [6.45, 7) is 0.710. The van der Waals surface area contributed by atoms with E-state index < -0.39 is 48.4 Å². The van der Waals surface area contributed by atoms with E-state index in [2.05, 4.69) is 0 Å². The number of hydrogen-bond donors (Lipinski definition) is 4. The zero-order chi connectivity index (χ0) is 22.2. The molecule has 0 saturated carbocycles. The zero-order valence-corrected chi connectivity index (χ0v) is 17.1. The van der Waals surface area contributed by atoms with Crippen molar-refractivity contribution in [3.8, 4) is 0 Å². The zero-order valence-electron chi connectivity index (χ0n) is 16.3. The van der Waals surface area contributed by atoms with Crippen molar-refractivity contribution in [2.45, 2.75) is 43.5 Å². The maximum Gasteiger partial charge on any atom is 0.224 e. The van der Waals surface area contributed by atoms with E-state index in [9.17, 15) is 29.2 Å². The molecule has 1 fully saturated rings. The molecule has 30 heavy (non-hydrogen) atoms. The summed E-state index contributed by atoms with van der Waals surface area (Å²) in [4.78, 5) is 0. The second-order valence-electron chi connectivity index (χ2n) is 7.30. The van der Waals surface area contributed by atoms with Crippen LogP contribution >= 0.6 is 11.6 Å². The number of hydrogen-bond acceptors (Lipinski definition) is 6. The molecule has 0 aromatic heterocycles. The maximum absolute atomic E-state index is 13.9. The lowest BCUT2D eigenvalue weighted by atomic mass is 9.87. The van der Waals surface area contributed by atoms with Crippen LogP contribution in [-0.2, 0) is 21.7 Å². The molecule has 1 saturated heterocycles. The third-order valence-electron chi connectivity index (χ3n) is 5.44. The lowest BCUT2D eigenvalue weighted by Crippen LogP contribution is -2.64. The van der Waals surface area contributed by atoms with Crippen LogP contribution in [0.1, 0.15) is 22.3 Å². The summed E-state index contributed by atoms with van der Waals surface area (Å²) in [5, 5.41) is 40.6. The molecule has 0 spiro atoms. The summed E-state index contributed by atoms with van der Waals surface area (Å²) in [6, 6.07) is 6.93. The van der Waals surface area contributed by atoms with Gasteiger partial charge in [-0.05, 0) is 48.7 Å². The fourth-order valence-electron chi connectivity index (χ4n) is 3.61. The number of aliphatic hydroxyl groups excluding tert-OH is 4. The van der Waals surface area contributed by atoms with Gasteiger partial charge in [0.1, 0.15) is 36.1 Å². The summed E-state index contributed by atoms with van der Waals surface area (Å²) in [5.41, 5.74) is 0.965. The Morgan fingerprint density at radius 1 is 1.10 bits per heavy atom. The van der Waals surface area contributed by atoms with Gasteiger partial charge in [-0.15, -0.1) is 0 Å². The van der Waals surface area contributed by atoms with Crippen LogP contribution in [0.4, 0.5) is 8.78 Å². The van der Waals surface area contributed by atoms with Crippen molar-refractivity contribution < 1.29 is 38.7 Å². The second kappa shape index (κ2) is 8.84. The fourth-order valence-corrected chi connectivity index (χ4v) is 3.80. The molecule has 5 atom stereocenters. The van der Waals surface area contributed by atoms with Gasteiger partial charge in [0.05, 0.1) is 6.61 Å². The van der Waals surface area contributed by atoms with E-state index in [0.717, 1.165) is 0 Å². The van der Waals surface area contributed by atoms with Crippen molar-refractivity contribution in [1.82, 2.24) is 0 Å². The quantitative estimate of drug-likeness (QED) is 0.561. The van der Waals surface area contributed by atoms with Crippen LogP contribution in [0.2, 0.25) is 5.02 Å². The Labute approximate surface area is 177 Å². The normalized spacial score (nSPS) is 29.2. The lowest BCUT2D eigenvalue weighted by Gasteiger charge is -2.47. The number of aliphatic hydroxyl groups is 4. The fraction of sp³-hybridized carbons (Fsp3) is 0.429. The van der Waals surface area contributed by atoms with Gasteiger partial charge in [0.15, 0.2) is 0 Å². The van der Waals surface area contributed by atoms with Gasteiger partial charge in [-0.3, -0.25) is 0 Å². The molecule has 3 rings (SSSR count). The Bertz CT molecular complexity index is 901. The molecule has 2 aromatic carbocycles. The molecule has 0 aliphatic carbocycles. The molecule has 9 heteroatoms. The first kappa shape index (κ1) is 23.0. The molecular weight excluding hydrogens is 422 g/mol. The van der Waals surface area contributed by atoms with Crippen LogP contribution in [0, 0.1) is 18.6 Å². The number of benzene rings is 2. The topological polar surface area (TPSA) is 99.4 Å². The molecule has 5 unspecified atom stereocenters. The molecule has 1 heterocycles. The van der Waals surface area contributed by atoms with E-state index in [0.29, 0.717) is 16.1 Å². The Morgan fingerprint density at radius 2 is 1.73 bits per heavy atom. The highest BCUT2D eigenvalue weighted by atomic mass is 35.5. The minimum absolute atomic E-state index is 0.0747. The van der Waals surface area contributed by atoms with Gasteiger partial charge < -0.3 is 29.9 Å². The van der Waals surface area contributed by atoms with Crippen molar-refractivity contribution >= 4 is 11.6 Å². The summed E-state index contributed by atoms with van der Waals surface area (Å²) in [6.07, 6.45) is -6.02. The van der Waals surface area contributed by atoms with Crippen LogP contribution in [0.5, 0.6) is 0 Å². The standard InChI is InChI=1S/C21H23ClF2O6/c1-10-15(23)6-11(7-16(10)24)5-12-8-13(3-4-14(12)22)21(29-2)20(28)19(27)18(26)17(9-25)30-21/h3-4,6-8,17-20,25-28H,5,9H2,1-2H3. The molecule has 164 valence electrons. The summed E-state index contributed by atoms with van der Waals surface area (Å²) >= 11 is 6.27. The van der Waals surface area contributed by atoms with Gasteiger partial charge in [0.2, 0.25) is 5.79 Å². The Balaban J connectivity index is 2.02. The Morgan fingerprint density at radius 3 is 2.30 bits per heavy atom. The van der Waals surface area contributed by atoms with Gasteiger partial charge >= 0.3 is 0 Å². The Kier molecular flexibility index (Phi) is 6.78. The average Bonchev–Trinajstić information content (AvgIpc) is 2.72. The highest BCUT2D eigenvalue weighted by molar-refractivity contribution is 6.31. The number of methoxy groups -OCH3 is 1. The van der Waals surface area contributed by atoms with E-state index >= 15 is 0 Å². The summed E-state index contributed by atoms with van der Waals surface area (Å²) < 4.78 is 38.9. The monoisotopic (exact) mass is 444 g/mol. The van der Waals surface area contributed by atoms with Crippen LogP contribution in [0.25, 0.3) is 0 Å². The molecule has 4 N–H and O–H groups in total. The van der Waals surface area contributed by atoms with Gasteiger partial charge in [0.25, 0.3) is 0 Å². The third-order valence-corrected chi connectivity index (χ3v) is 5.81. The first-order valence-corrected chi connectivity index (χ1v) is 9.63. The SMILES string of the molecule is COC1(c2ccc(Cl)c(Cc3cc(F)c(C)c(F)c3)c2)OC(CO)C(O)C(O)C1O. The predicted molar refractivity (Wildman–Crippen MR) is 104 cm³/mol. The van der Waals surface area contributed by atoms with Crippen molar-refractivity contribution in [3.05, 3.63) is 69.2 Å². The van der Waals surface area contributed by atoms with Crippen molar-refractivity contribution in [1.29, 1.82) is 0 Å². The largest absolute Gasteiger partial charge is 0.394 e. The number of rotatable bonds is 5. The second-order valence-corrected chi connectivity index (χ2v) is 7.71. The van der Waals surface area contributed by atoms with Gasteiger partial charge in [-0.2, -0.15) is 0 Å². The molecule has 1 aliphatic heterocycles. The molecular formula is C21H23ClF2O6. The molecule has 6 nitrogen and oxygen atoms in total. The molecule has 0 radical (unpaired) electrons. The van der Waals surface area contributed by atoms with Crippen molar-refractivity contribution in [3.63, 3.8) is 0 Å². The van der Waals surface area contributed by atoms with Crippen molar-refractivity contribution in [2.24, 2.45) is 0 Å². The lowest BCUT2D eigenvalue weighted by molar-refractivity contribution is -0.366. The predicted octanol–water partition coefficient (Wildman–Crippen LogP) is 1.79. The minimum Gasteiger partial charge on any atom is -0.394 e. The molecule has 1 aliphatic rings. The van der Waals surface area contributed by atoms with Gasteiger partial charge in [-0.1, -0.05) is 17.7 Å². The number of ether oxygens (including phenoxy) is 2. The Hall–Kier alpha value is -1.65. The van der Waals surface area contributed by atoms with Crippen molar-refractivity contribution in [2.75, 3.05) is 13.7 Å². The minimum atomic E-state index is -1.91. The van der Waals surface area contributed by atoms with Crippen LogP contribution in [0.15, 0.2) is 30.3 Å². The van der Waals surface area contributed by atoms with E-state index in [-0.39, 0.29) is 17.5 Å². The van der Waals surface area contributed by atoms with Gasteiger partial charge in [0, 0.05) is 23.3 Å². The third kappa shape index (κ3) is 3.97. The first-order chi connectivity index (χ1) is 14.1. The van der Waals surface area contributed by atoms with E-state index in [1.807, 2.05) is 0 Å². The van der Waals surface area contributed by atoms with E-state index in [4.69, 9.17) is 21.1 Å². The first-order valence-electron chi connectivity index (χ1n) is 9.26. The summed E-state index contributed by atoms with van der Waals surface area (Å²) in [7, 11) is 1.24.